The summed E-state index contributed by atoms with van der Waals surface area (Å²) in [6.07, 6.45) is 4.67. The number of hydrogen-bond donors (Lipinski definition) is 0. The molecule has 0 radical (unpaired) electrons. The number of carbonyl (C=O) groups is 2. The van der Waals surface area contributed by atoms with Gasteiger partial charge in [-0.2, -0.15) is 0 Å². The lowest BCUT2D eigenvalue weighted by atomic mass is 10.0. The summed E-state index contributed by atoms with van der Waals surface area (Å²) in [4.78, 5) is 22.5. The van der Waals surface area contributed by atoms with E-state index in [1.807, 2.05) is 25.1 Å². The summed E-state index contributed by atoms with van der Waals surface area (Å²) in [6.45, 7) is 6.78. The summed E-state index contributed by atoms with van der Waals surface area (Å²) >= 11 is 0. The van der Waals surface area contributed by atoms with Crippen molar-refractivity contribution in [2.45, 2.75) is 59.7 Å². The largest absolute Gasteiger partial charge is 0.421 e. The molecule has 0 fully saturated rings. The quantitative estimate of drug-likeness (QED) is 0.530. The minimum atomic E-state index is -0.958. The predicted octanol–water partition coefficient (Wildman–Crippen LogP) is 4.27. The Morgan fingerprint density at radius 3 is 2.00 bits per heavy atom. The van der Waals surface area contributed by atoms with Crippen molar-refractivity contribution in [1.29, 1.82) is 0 Å². The zero-order valence-electron chi connectivity index (χ0n) is 14.4. The van der Waals surface area contributed by atoms with Crippen molar-refractivity contribution in [2.24, 2.45) is 0 Å². The molecule has 126 valence electrons. The van der Waals surface area contributed by atoms with E-state index in [2.05, 4.69) is 19.1 Å². The first-order valence-electron chi connectivity index (χ1n) is 8.10. The fraction of sp³-hybridized carbons (Fsp3) is 0.474. The summed E-state index contributed by atoms with van der Waals surface area (Å²) in [5.41, 5.74) is 3.07. The van der Waals surface area contributed by atoms with Gasteiger partial charge >= 0.3 is 11.9 Å². The van der Waals surface area contributed by atoms with Crippen molar-refractivity contribution in [3.8, 4) is 0 Å². The first-order chi connectivity index (χ1) is 11.0. The monoisotopic (exact) mass is 318 g/mol. The molecule has 1 aromatic carbocycles. The predicted molar refractivity (Wildman–Crippen MR) is 90.6 cm³/mol. The molecule has 0 N–H and O–H groups in total. The Bertz CT molecular complexity index is 527. The van der Waals surface area contributed by atoms with Crippen LogP contribution in [0.4, 0.5) is 0 Å². The number of rotatable bonds is 8. The fourth-order valence-electron chi connectivity index (χ4n) is 2.31. The van der Waals surface area contributed by atoms with E-state index in [0.717, 1.165) is 30.4 Å². The van der Waals surface area contributed by atoms with Gasteiger partial charge < -0.3 is 9.47 Å². The molecule has 1 aromatic rings. The fourth-order valence-corrected chi connectivity index (χ4v) is 2.31. The smallest absolute Gasteiger partial charge is 0.305 e. The molecule has 0 aliphatic carbocycles. The van der Waals surface area contributed by atoms with Crippen LogP contribution in [0.5, 0.6) is 0 Å². The van der Waals surface area contributed by atoms with E-state index in [4.69, 9.17) is 9.47 Å². The van der Waals surface area contributed by atoms with Gasteiger partial charge in [-0.15, -0.1) is 0 Å². The Morgan fingerprint density at radius 1 is 1.00 bits per heavy atom. The second-order valence-electron chi connectivity index (χ2n) is 5.51. The Morgan fingerprint density at radius 2 is 1.57 bits per heavy atom. The number of ether oxygens (including phenoxy) is 2. The third-order valence-electron chi connectivity index (χ3n) is 3.26. The SMILES string of the molecule is CCC/C(=C\c1ccc(CCC)cc1)C(OC(C)=O)OC(C)=O. The van der Waals surface area contributed by atoms with Gasteiger partial charge in [0.1, 0.15) is 0 Å². The van der Waals surface area contributed by atoms with Crippen LogP contribution in [-0.2, 0) is 25.5 Å². The highest BCUT2D eigenvalue weighted by Gasteiger charge is 2.20. The van der Waals surface area contributed by atoms with Crippen molar-refractivity contribution in [3.63, 3.8) is 0 Å². The average Bonchev–Trinajstić information content (AvgIpc) is 2.47. The van der Waals surface area contributed by atoms with Crippen molar-refractivity contribution >= 4 is 18.0 Å². The van der Waals surface area contributed by atoms with Gasteiger partial charge in [0.25, 0.3) is 6.29 Å². The van der Waals surface area contributed by atoms with Crippen LogP contribution < -0.4 is 0 Å². The summed E-state index contributed by atoms with van der Waals surface area (Å²) in [5, 5.41) is 0. The van der Waals surface area contributed by atoms with Gasteiger partial charge in [0.05, 0.1) is 0 Å². The van der Waals surface area contributed by atoms with Crippen LogP contribution in [0.3, 0.4) is 0 Å². The molecule has 0 bridgehead atoms. The topological polar surface area (TPSA) is 52.6 Å². The molecule has 0 saturated carbocycles. The number of hydrogen-bond acceptors (Lipinski definition) is 4. The molecular formula is C19H26O4. The zero-order valence-corrected chi connectivity index (χ0v) is 14.4. The average molecular weight is 318 g/mol. The molecule has 0 aliphatic rings. The van der Waals surface area contributed by atoms with Gasteiger partial charge in [-0.25, -0.2) is 0 Å². The van der Waals surface area contributed by atoms with Crippen molar-refractivity contribution in [1.82, 2.24) is 0 Å². The molecule has 0 aliphatic heterocycles. The first kappa shape index (κ1) is 18.9. The molecule has 0 atom stereocenters. The zero-order chi connectivity index (χ0) is 17.2. The Kier molecular flexibility index (Phi) is 8.09. The van der Waals surface area contributed by atoms with Gasteiger partial charge in [0.2, 0.25) is 0 Å². The first-order valence-corrected chi connectivity index (χ1v) is 8.10. The number of aryl methyl sites for hydroxylation is 1. The molecule has 0 spiro atoms. The molecule has 0 heterocycles. The maximum absolute atomic E-state index is 11.3. The minimum Gasteiger partial charge on any atom is -0.421 e. The van der Waals surface area contributed by atoms with E-state index in [1.54, 1.807) is 0 Å². The molecule has 0 saturated heterocycles. The van der Waals surface area contributed by atoms with Crippen molar-refractivity contribution in [3.05, 3.63) is 41.0 Å². The molecule has 23 heavy (non-hydrogen) atoms. The summed E-state index contributed by atoms with van der Waals surface area (Å²) in [7, 11) is 0. The highest BCUT2D eigenvalue weighted by molar-refractivity contribution is 5.69. The van der Waals surface area contributed by atoms with Gasteiger partial charge in [0, 0.05) is 19.4 Å². The van der Waals surface area contributed by atoms with Gasteiger partial charge in [-0.3, -0.25) is 9.59 Å². The van der Waals surface area contributed by atoms with E-state index in [1.165, 1.54) is 19.4 Å². The lowest BCUT2D eigenvalue weighted by Crippen LogP contribution is -2.24. The lowest BCUT2D eigenvalue weighted by Gasteiger charge is -2.19. The van der Waals surface area contributed by atoms with Crippen LogP contribution in [0.1, 0.15) is 58.1 Å². The lowest BCUT2D eigenvalue weighted by molar-refractivity contribution is -0.178. The highest BCUT2D eigenvalue weighted by atomic mass is 16.7. The maximum Gasteiger partial charge on any atom is 0.305 e. The molecule has 0 aromatic heterocycles. The summed E-state index contributed by atoms with van der Waals surface area (Å²) < 4.78 is 10.3. The van der Waals surface area contributed by atoms with Gasteiger partial charge in [0.15, 0.2) is 0 Å². The van der Waals surface area contributed by atoms with Crippen molar-refractivity contribution < 1.29 is 19.1 Å². The van der Waals surface area contributed by atoms with Crippen LogP contribution in [0.2, 0.25) is 0 Å². The Balaban J connectivity index is 3.03. The number of carbonyl (C=O) groups excluding carboxylic acids is 2. The molecule has 4 nitrogen and oxygen atoms in total. The van der Waals surface area contributed by atoms with Gasteiger partial charge in [-0.05, 0) is 30.0 Å². The summed E-state index contributed by atoms with van der Waals surface area (Å²) in [5.74, 6) is -0.951. The summed E-state index contributed by atoms with van der Waals surface area (Å²) in [6, 6.07) is 8.23. The normalized spacial score (nSPS) is 11.4. The number of esters is 2. The second-order valence-corrected chi connectivity index (χ2v) is 5.51. The molecular weight excluding hydrogens is 292 g/mol. The molecule has 4 heteroatoms. The van der Waals surface area contributed by atoms with Crippen molar-refractivity contribution in [2.75, 3.05) is 0 Å². The molecule has 0 amide bonds. The van der Waals surface area contributed by atoms with Gasteiger partial charge in [-0.1, -0.05) is 51.0 Å². The van der Waals surface area contributed by atoms with E-state index in [-0.39, 0.29) is 0 Å². The number of benzene rings is 1. The maximum atomic E-state index is 11.3. The van der Waals surface area contributed by atoms with E-state index < -0.39 is 18.2 Å². The van der Waals surface area contributed by atoms with Crippen LogP contribution in [0.25, 0.3) is 6.08 Å². The highest BCUT2D eigenvalue weighted by Crippen LogP contribution is 2.20. The second kappa shape index (κ2) is 9.82. The van der Waals surface area contributed by atoms with Crippen LogP contribution in [-0.4, -0.2) is 18.2 Å². The van der Waals surface area contributed by atoms with Crippen LogP contribution in [0.15, 0.2) is 29.8 Å². The Labute approximate surface area is 138 Å². The van der Waals surface area contributed by atoms with Crippen LogP contribution in [0, 0.1) is 0 Å². The third kappa shape index (κ3) is 7.13. The minimum absolute atomic E-state index is 0.475. The molecule has 1 rings (SSSR count). The van der Waals surface area contributed by atoms with E-state index >= 15 is 0 Å². The Hall–Kier alpha value is -2.10. The van der Waals surface area contributed by atoms with E-state index in [9.17, 15) is 9.59 Å². The third-order valence-corrected chi connectivity index (χ3v) is 3.26. The molecule has 0 unspecified atom stereocenters. The van der Waals surface area contributed by atoms with Crippen LogP contribution >= 0.6 is 0 Å². The standard InChI is InChI=1S/C19H26O4/c1-5-7-16-9-11-17(12-10-16)13-18(8-6-2)19(22-14(3)20)23-15(4)21/h9-13,19H,5-8H2,1-4H3/b18-13+. The van der Waals surface area contributed by atoms with E-state index in [0.29, 0.717) is 6.42 Å².